The molecule has 150 valence electrons. The molecule has 0 aromatic heterocycles. The predicted octanol–water partition coefficient (Wildman–Crippen LogP) is 4.51. The number of amides is 3. The van der Waals surface area contributed by atoms with Gasteiger partial charge in [-0.3, -0.25) is 0 Å². The van der Waals surface area contributed by atoms with Crippen LogP contribution in [0.15, 0.2) is 48.5 Å². The summed E-state index contributed by atoms with van der Waals surface area (Å²) in [5.41, 5.74) is 1.12. The van der Waals surface area contributed by atoms with Gasteiger partial charge in [0.25, 0.3) is 0 Å². The first-order valence-corrected chi connectivity index (χ1v) is 8.96. The van der Waals surface area contributed by atoms with Gasteiger partial charge in [0.05, 0.1) is 6.54 Å². The molecule has 3 amide bonds. The van der Waals surface area contributed by atoms with Crippen LogP contribution in [0.2, 0.25) is 0 Å². The first-order chi connectivity index (χ1) is 13.2. The maximum atomic E-state index is 13.6. The zero-order valence-corrected chi connectivity index (χ0v) is 16.6. The Hall–Kier alpha value is -3.09. The molecule has 2 aromatic carbocycles. The van der Waals surface area contributed by atoms with E-state index < -0.39 is 17.7 Å². The summed E-state index contributed by atoms with van der Waals surface area (Å²) in [6.45, 7) is 5.73. The number of halogens is 1. The first kappa shape index (κ1) is 21.2. The van der Waals surface area contributed by atoms with Crippen molar-refractivity contribution in [3.8, 4) is 0 Å². The molecule has 0 saturated heterocycles. The lowest BCUT2D eigenvalue weighted by molar-refractivity contribution is 0.0285. The minimum Gasteiger partial charge on any atom is -0.444 e. The fourth-order valence-corrected chi connectivity index (χ4v) is 2.42. The van der Waals surface area contributed by atoms with Crippen molar-refractivity contribution in [1.82, 2.24) is 10.2 Å². The van der Waals surface area contributed by atoms with Crippen LogP contribution in [-0.2, 0) is 17.8 Å². The minimum absolute atomic E-state index is 0.0679. The van der Waals surface area contributed by atoms with E-state index in [1.165, 1.54) is 11.0 Å². The SMILES string of the molecule is CN(Cc1ccccc1NC(=O)NCc1ccccc1F)C(=O)OC(C)(C)C. The van der Waals surface area contributed by atoms with Gasteiger partial charge in [-0.2, -0.15) is 0 Å². The summed E-state index contributed by atoms with van der Waals surface area (Å²) in [6, 6.07) is 12.9. The van der Waals surface area contributed by atoms with E-state index in [0.717, 1.165) is 5.56 Å². The van der Waals surface area contributed by atoms with E-state index in [1.807, 2.05) is 12.1 Å². The first-order valence-electron chi connectivity index (χ1n) is 8.96. The summed E-state index contributed by atoms with van der Waals surface area (Å²) < 4.78 is 19.0. The Bertz CT molecular complexity index is 834. The third-order valence-corrected chi connectivity index (χ3v) is 3.78. The predicted molar refractivity (Wildman–Crippen MR) is 106 cm³/mol. The number of para-hydroxylation sites is 1. The monoisotopic (exact) mass is 387 g/mol. The molecule has 0 spiro atoms. The second-order valence-corrected chi connectivity index (χ2v) is 7.39. The average molecular weight is 387 g/mol. The molecule has 0 fully saturated rings. The minimum atomic E-state index is -0.588. The lowest BCUT2D eigenvalue weighted by Gasteiger charge is -2.25. The van der Waals surface area contributed by atoms with Gasteiger partial charge in [-0.15, -0.1) is 0 Å². The summed E-state index contributed by atoms with van der Waals surface area (Å²) in [7, 11) is 1.63. The molecule has 0 heterocycles. The molecule has 28 heavy (non-hydrogen) atoms. The number of carbonyl (C=O) groups excluding carboxylic acids is 2. The molecular formula is C21H26FN3O3. The van der Waals surface area contributed by atoms with E-state index >= 15 is 0 Å². The van der Waals surface area contributed by atoms with Gasteiger partial charge in [-0.1, -0.05) is 36.4 Å². The summed E-state index contributed by atoms with van der Waals surface area (Å²) in [5.74, 6) is -0.373. The molecular weight excluding hydrogens is 361 g/mol. The van der Waals surface area contributed by atoms with Gasteiger partial charge in [0.1, 0.15) is 11.4 Å². The maximum absolute atomic E-state index is 13.6. The fourth-order valence-electron chi connectivity index (χ4n) is 2.42. The Morgan fingerprint density at radius 1 is 1.04 bits per heavy atom. The van der Waals surface area contributed by atoms with Gasteiger partial charge in [-0.05, 0) is 38.5 Å². The van der Waals surface area contributed by atoms with Gasteiger partial charge in [-0.25, -0.2) is 14.0 Å². The molecule has 0 aliphatic heterocycles. The molecule has 0 aliphatic carbocycles. The van der Waals surface area contributed by atoms with Gasteiger partial charge in [0.15, 0.2) is 0 Å². The number of rotatable bonds is 5. The van der Waals surface area contributed by atoms with Crippen LogP contribution in [0.5, 0.6) is 0 Å². The number of carbonyl (C=O) groups is 2. The van der Waals surface area contributed by atoms with Crippen LogP contribution in [0.25, 0.3) is 0 Å². The number of hydrogen-bond donors (Lipinski definition) is 2. The Balaban J connectivity index is 1.98. The quantitative estimate of drug-likeness (QED) is 0.793. The van der Waals surface area contributed by atoms with E-state index in [1.54, 1.807) is 58.2 Å². The number of anilines is 1. The van der Waals surface area contributed by atoms with Crippen molar-refractivity contribution in [2.24, 2.45) is 0 Å². The van der Waals surface area contributed by atoms with Crippen LogP contribution >= 0.6 is 0 Å². The molecule has 0 bridgehead atoms. The number of ether oxygens (including phenoxy) is 1. The van der Waals surface area contributed by atoms with Gasteiger partial charge in [0.2, 0.25) is 0 Å². The lowest BCUT2D eigenvalue weighted by Crippen LogP contribution is -2.34. The van der Waals surface area contributed by atoms with Crippen molar-refractivity contribution in [1.29, 1.82) is 0 Å². The molecule has 2 N–H and O–H groups in total. The summed E-state index contributed by atoms with van der Waals surface area (Å²) in [4.78, 5) is 25.8. The van der Waals surface area contributed by atoms with E-state index in [-0.39, 0.29) is 18.9 Å². The van der Waals surface area contributed by atoms with E-state index in [2.05, 4.69) is 10.6 Å². The highest BCUT2D eigenvalue weighted by molar-refractivity contribution is 5.90. The van der Waals surface area contributed by atoms with Crippen LogP contribution in [0.4, 0.5) is 19.7 Å². The highest BCUT2D eigenvalue weighted by Gasteiger charge is 2.20. The van der Waals surface area contributed by atoms with E-state index in [4.69, 9.17) is 4.74 Å². The highest BCUT2D eigenvalue weighted by atomic mass is 19.1. The van der Waals surface area contributed by atoms with Crippen molar-refractivity contribution in [2.75, 3.05) is 12.4 Å². The van der Waals surface area contributed by atoms with Crippen molar-refractivity contribution >= 4 is 17.8 Å². The van der Waals surface area contributed by atoms with Crippen LogP contribution in [-0.4, -0.2) is 29.7 Å². The van der Waals surface area contributed by atoms with Gasteiger partial charge < -0.3 is 20.3 Å². The van der Waals surface area contributed by atoms with Crippen LogP contribution in [0.1, 0.15) is 31.9 Å². The molecule has 0 radical (unpaired) electrons. The van der Waals surface area contributed by atoms with Crippen LogP contribution < -0.4 is 10.6 Å². The third-order valence-electron chi connectivity index (χ3n) is 3.78. The lowest BCUT2D eigenvalue weighted by atomic mass is 10.1. The molecule has 0 unspecified atom stereocenters. The molecule has 2 aromatic rings. The number of nitrogens with one attached hydrogen (secondary N) is 2. The third kappa shape index (κ3) is 6.57. The zero-order valence-electron chi connectivity index (χ0n) is 16.6. The van der Waals surface area contributed by atoms with Crippen molar-refractivity contribution in [3.63, 3.8) is 0 Å². The topological polar surface area (TPSA) is 70.7 Å². The van der Waals surface area contributed by atoms with Crippen LogP contribution in [0, 0.1) is 5.82 Å². The fraction of sp³-hybridized carbons (Fsp3) is 0.333. The number of urea groups is 1. The standard InChI is InChI=1S/C21H26FN3O3/c1-21(2,3)28-20(27)25(4)14-16-10-6-8-12-18(16)24-19(26)23-13-15-9-5-7-11-17(15)22/h5-12H,13-14H2,1-4H3,(H2,23,24,26). The molecule has 2 rings (SSSR count). The Kier molecular flexibility index (Phi) is 6.98. The number of benzene rings is 2. The number of hydrogen-bond acceptors (Lipinski definition) is 3. The Labute approximate surface area is 164 Å². The molecule has 0 aliphatic rings. The van der Waals surface area contributed by atoms with Crippen molar-refractivity contribution in [2.45, 2.75) is 39.5 Å². The highest BCUT2D eigenvalue weighted by Crippen LogP contribution is 2.18. The Morgan fingerprint density at radius 3 is 2.29 bits per heavy atom. The van der Waals surface area contributed by atoms with Gasteiger partial charge in [0, 0.05) is 24.8 Å². The summed E-state index contributed by atoms with van der Waals surface area (Å²) in [6.07, 6.45) is -0.452. The smallest absolute Gasteiger partial charge is 0.410 e. The molecule has 0 atom stereocenters. The van der Waals surface area contributed by atoms with Crippen molar-refractivity contribution < 1.29 is 18.7 Å². The average Bonchev–Trinajstić information content (AvgIpc) is 2.61. The normalized spacial score (nSPS) is 10.9. The zero-order chi connectivity index (χ0) is 20.7. The molecule has 0 saturated carbocycles. The van der Waals surface area contributed by atoms with E-state index in [0.29, 0.717) is 11.3 Å². The molecule has 7 heteroatoms. The van der Waals surface area contributed by atoms with Crippen molar-refractivity contribution in [3.05, 3.63) is 65.5 Å². The second-order valence-electron chi connectivity index (χ2n) is 7.39. The largest absolute Gasteiger partial charge is 0.444 e. The van der Waals surface area contributed by atoms with E-state index in [9.17, 15) is 14.0 Å². The summed E-state index contributed by atoms with van der Waals surface area (Å²) >= 11 is 0. The Morgan fingerprint density at radius 2 is 1.64 bits per heavy atom. The summed E-state index contributed by atoms with van der Waals surface area (Å²) in [5, 5.41) is 5.37. The number of nitrogens with zero attached hydrogens (tertiary/aromatic N) is 1. The maximum Gasteiger partial charge on any atom is 0.410 e. The van der Waals surface area contributed by atoms with Gasteiger partial charge >= 0.3 is 12.1 Å². The molecule has 6 nitrogen and oxygen atoms in total. The second kappa shape index (κ2) is 9.21. The van der Waals surface area contributed by atoms with Crippen LogP contribution in [0.3, 0.4) is 0 Å².